The van der Waals surface area contributed by atoms with Crippen LogP contribution in [0.25, 0.3) is 11.4 Å². The summed E-state index contributed by atoms with van der Waals surface area (Å²) >= 11 is 0. The number of anilines is 1. The van der Waals surface area contributed by atoms with Crippen molar-refractivity contribution in [1.29, 1.82) is 0 Å². The first-order valence-electron chi connectivity index (χ1n) is 16.6. The zero-order valence-electron chi connectivity index (χ0n) is 27.3. The van der Waals surface area contributed by atoms with E-state index in [9.17, 15) is 19.2 Å². The summed E-state index contributed by atoms with van der Waals surface area (Å²) in [5.41, 5.74) is 0.969. The number of amides is 3. The molecule has 1 N–H and O–H groups in total. The lowest BCUT2D eigenvalue weighted by Crippen LogP contribution is -2.57. The minimum absolute atomic E-state index is 0.151. The van der Waals surface area contributed by atoms with Crippen molar-refractivity contribution in [2.45, 2.75) is 53.0 Å². The number of esters is 1. The third kappa shape index (κ3) is 7.76. The fourth-order valence-electron chi connectivity index (χ4n) is 6.41. The summed E-state index contributed by atoms with van der Waals surface area (Å²) in [5.74, 6) is 1.21. The van der Waals surface area contributed by atoms with E-state index in [0.29, 0.717) is 75.2 Å². The van der Waals surface area contributed by atoms with Gasteiger partial charge in [-0.05, 0) is 37.0 Å². The van der Waals surface area contributed by atoms with E-state index in [1.54, 1.807) is 15.9 Å². The third-order valence-corrected chi connectivity index (χ3v) is 9.17. The summed E-state index contributed by atoms with van der Waals surface area (Å²) in [6.07, 6.45) is 1.84. The van der Waals surface area contributed by atoms with Crippen molar-refractivity contribution >= 4 is 29.7 Å². The molecule has 3 fully saturated rings. The van der Waals surface area contributed by atoms with Gasteiger partial charge in [-0.2, -0.15) is 0 Å². The number of aromatic nitrogens is 2. The second-order valence-corrected chi connectivity index (χ2v) is 12.7. The Hall–Kier alpha value is -4.22. The summed E-state index contributed by atoms with van der Waals surface area (Å²) in [6.45, 7) is 11.4. The van der Waals surface area contributed by atoms with Crippen LogP contribution in [-0.4, -0.2) is 102 Å². The first kappa shape index (κ1) is 33.2. The van der Waals surface area contributed by atoms with Gasteiger partial charge in [0.05, 0.1) is 13.2 Å². The van der Waals surface area contributed by atoms with Crippen molar-refractivity contribution in [2.75, 3.05) is 57.4 Å². The molecule has 1 aromatic heterocycles. The van der Waals surface area contributed by atoms with Gasteiger partial charge in [0.2, 0.25) is 5.91 Å². The monoisotopic (exact) mass is 634 g/mol. The number of nitrogens with one attached hydrogen (secondary N) is 1. The van der Waals surface area contributed by atoms with Gasteiger partial charge in [0.25, 0.3) is 5.91 Å². The van der Waals surface area contributed by atoms with E-state index >= 15 is 0 Å². The highest BCUT2D eigenvalue weighted by atomic mass is 16.6. The van der Waals surface area contributed by atoms with Gasteiger partial charge in [-0.15, -0.1) is 0 Å². The molecule has 0 radical (unpaired) electrons. The zero-order chi connectivity index (χ0) is 32.8. The van der Waals surface area contributed by atoms with Crippen molar-refractivity contribution in [3.63, 3.8) is 0 Å². The van der Waals surface area contributed by atoms with Gasteiger partial charge >= 0.3 is 12.1 Å². The lowest BCUT2D eigenvalue weighted by Gasteiger charge is -2.36. The topological polar surface area (TPSA) is 134 Å². The van der Waals surface area contributed by atoms with Crippen LogP contribution < -0.4 is 10.2 Å². The minimum Gasteiger partial charge on any atom is -0.466 e. The number of carbonyl (C=O) groups is 4. The summed E-state index contributed by atoms with van der Waals surface area (Å²) < 4.78 is 10.5. The first-order chi connectivity index (χ1) is 22.2. The van der Waals surface area contributed by atoms with Gasteiger partial charge in [0.15, 0.2) is 5.82 Å². The normalized spacial score (nSPS) is 21.1. The fraction of sp³-hybridized carbons (Fsp3) is 0.588. The molecule has 3 heterocycles. The molecular weight excluding hydrogens is 588 g/mol. The summed E-state index contributed by atoms with van der Waals surface area (Å²) in [5, 5.41) is 2.96. The van der Waals surface area contributed by atoms with E-state index < -0.39 is 11.9 Å². The van der Waals surface area contributed by atoms with Crippen LogP contribution in [-0.2, 0) is 19.1 Å². The molecule has 0 spiro atoms. The number of unbranched alkanes of at least 4 members (excludes halogenated alkanes) is 1. The van der Waals surface area contributed by atoms with Gasteiger partial charge < -0.3 is 29.5 Å². The van der Waals surface area contributed by atoms with Gasteiger partial charge in [-0.25, -0.2) is 14.8 Å². The third-order valence-electron chi connectivity index (χ3n) is 9.17. The average molecular weight is 635 g/mol. The zero-order valence-corrected chi connectivity index (χ0v) is 27.3. The summed E-state index contributed by atoms with van der Waals surface area (Å²) in [7, 11) is 0. The van der Waals surface area contributed by atoms with Crippen molar-refractivity contribution in [3.05, 3.63) is 42.1 Å². The van der Waals surface area contributed by atoms with Gasteiger partial charge in [-0.3, -0.25) is 14.4 Å². The van der Waals surface area contributed by atoms with E-state index in [0.717, 1.165) is 31.5 Å². The van der Waals surface area contributed by atoms with Crippen LogP contribution in [0.15, 0.2) is 36.4 Å². The smallest absolute Gasteiger partial charge is 0.409 e. The molecule has 2 saturated heterocycles. The predicted molar refractivity (Wildman–Crippen MR) is 172 cm³/mol. The van der Waals surface area contributed by atoms with Gasteiger partial charge in [-0.1, -0.05) is 57.5 Å². The Balaban J connectivity index is 1.27. The SMILES string of the molecule is CCCCOC(=O)N1CCN(C(=O)[C@@H](NC(=O)c2cc(N3C[C@@H]4[C@@H](CC(=O)OCC)[C@@H]4C3)nc(-c3ccccc3)n2)C(C)C)CC1. The standard InChI is InChI=1S/C34H46N6O6/c1-5-7-17-46-34(44)39-15-13-38(14-16-39)33(43)30(22(3)4)37-32(42)27-19-28(36-31(35-27)23-11-9-8-10-12-23)40-20-25-24(26(25)21-40)18-29(41)45-6-2/h8-12,19,22,24-26,30H,5-7,13-18,20-21H2,1-4H3,(H,37,42)/t24-,25-,26+,30-/m0/s1. The molecule has 5 rings (SSSR count). The molecule has 1 aliphatic carbocycles. The Morgan fingerprint density at radius 3 is 2.24 bits per heavy atom. The molecule has 3 amide bonds. The van der Waals surface area contributed by atoms with Crippen LogP contribution in [0, 0.1) is 23.7 Å². The number of hydrogen-bond donors (Lipinski definition) is 1. The second kappa shape index (κ2) is 14.9. The highest BCUT2D eigenvalue weighted by Gasteiger charge is 2.56. The molecule has 1 saturated carbocycles. The molecule has 2 aliphatic heterocycles. The molecule has 46 heavy (non-hydrogen) atoms. The maximum Gasteiger partial charge on any atom is 0.409 e. The number of nitrogens with zero attached hydrogens (tertiary/aromatic N) is 5. The van der Waals surface area contributed by atoms with Crippen molar-refractivity contribution in [3.8, 4) is 11.4 Å². The molecular formula is C34H46N6O6. The Morgan fingerprint density at radius 1 is 0.935 bits per heavy atom. The van der Waals surface area contributed by atoms with E-state index in [4.69, 9.17) is 14.5 Å². The Bertz CT molecular complexity index is 1380. The van der Waals surface area contributed by atoms with Crippen LogP contribution in [0.1, 0.15) is 57.4 Å². The number of piperazine rings is 1. The fourth-order valence-corrected chi connectivity index (χ4v) is 6.41. The maximum atomic E-state index is 13.8. The molecule has 248 valence electrons. The van der Waals surface area contributed by atoms with E-state index in [2.05, 4.69) is 15.2 Å². The molecule has 4 atom stereocenters. The quantitative estimate of drug-likeness (QED) is 0.275. The largest absolute Gasteiger partial charge is 0.466 e. The van der Waals surface area contributed by atoms with Crippen molar-refractivity contribution in [2.24, 2.45) is 23.7 Å². The molecule has 12 heteroatoms. The number of piperidine rings is 1. The van der Waals surface area contributed by atoms with Gasteiger partial charge in [0, 0.05) is 57.3 Å². The lowest BCUT2D eigenvalue weighted by atomic mass is 10.0. The number of benzene rings is 1. The van der Waals surface area contributed by atoms with Gasteiger partial charge in [0.1, 0.15) is 17.6 Å². The summed E-state index contributed by atoms with van der Waals surface area (Å²) in [4.78, 5) is 66.7. The number of carbonyl (C=O) groups excluding carboxylic acids is 4. The Kier molecular flexibility index (Phi) is 10.7. The van der Waals surface area contributed by atoms with E-state index in [-0.39, 0.29) is 29.6 Å². The highest BCUT2D eigenvalue weighted by molar-refractivity contribution is 5.97. The number of hydrogen-bond acceptors (Lipinski definition) is 9. The molecule has 0 unspecified atom stereocenters. The molecule has 0 bridgehead atoms. The van der Waals surface area contributed by atoms with Crippen molar-refractivity contribution in [1.82, 2.24) is 25.1 Å². The summed E-state index contributed by atoms with van der Waals surface area (Å²) in [6, 6.07) is 10.4. The highest BCUT2D eigenvalue weighted by Crippen LogP contribution is 2.54. The number of rotatable bonds is 12. The molecule has 1 aromatic carbocycles. The van der Waals surface area contributed by atoms with Crippen LogP contribution in [0.5, 0.6) is 0 Å². The van der Waals surface area contributed by atoms with Crippen LogP contribution >= 0.6 is 0 Å². The first-order valence-corrected chi connectivity index (χ1v) is 16.6. The second-order valence-electron chi connectivity index (χ2n) is 12.7. The molecule has 3 aliphatic rings. The lowest BCUT2D eigenvalue weighted by molar-refractivity contribution is -0.143. The maximum absolute atomic E-state index is 13.8. The minimum atomic E-state index is -0.766. The van der Waals surface area contributed by atoms with Crippen LogP contribution in [0.2, 0.25) is 0 Å². The average Bonchev–Trinajstić information content (AvgIpc) is 3.47. The van der Waals surface area contributed by atoms with E-state index in [1.165, 1.54) is 0 Å². The predicted octanol–water partition coefficient (Wildman–Crippen LogP) is 3.61. The Morgan fingerprint density at radius 2 is 1.61 bits per heavy atom. The van der Waals surface area contributed by atoms with Crippen LogP contribution in [0.4, 0.5) is 10.6 Å². The molecule has 12 nitrogen and oxygen atoms in total. The molecule has 2 aromatic rings. The Labute approximate surface area is 270 Å². The van der Waals surface area contributed by atoms with Crippen molar-refractivity contribution < 1.29 is 28.7 Å². The number of fused-ring (bicyclic) bond motifs is 1. The van der Waals surface area contributed by atoms with E-state index in [1.807, 2.05) is 58.0 Å². The number of ether oxygens (including phenoxy) is 2. The van der Waals surface area contributed by atoms with Crippen LogP contribution in [0.3, 0.4) is 0 Å².